The molecule has 7 heavy (non-hydrogen) atoms. The summed E-state index contributed by atoms with van der Waals surface area (Å²) in [6.07, 6.45) is 4.15. The number of hydrogen-bond donors (Lipinski definition) is 0. The Hall–Kier alpha value is 0.130. The van der Waals surface area contributed by atoms with Crippen LogP contribution in [0.4, 0.5) is 0 Å². The van der Waals surface area contributed by atoms with Gasteiger partial charge in [0.05, 0.1) is 7.27 Å². The summed E-state index contributed by atoms with van der Waals surface area (Å²) in [7, 11) is -0.804. The first-order valence-corrected chi connectivity index (χ1v) is 4.38. The zero-order valence-corrected chi connectivity index (χ0v) is 5.25. The molecule has 0 fully saturated rings. The topological polar surface area (TPSA) is 17.1 Å². The van der Waals surface area contributed by atoms with Crippen molar-refractivity contribution in [1.29, 1.82) is 0 Å². The van der Waals surface area contributed by atoms with Gasteiger partial charge in [0.25, 0.3) is 0 Å². The highest BCUT2D eigenvalue weighted by Crippen LogP contribution is 2.45. The first-order valence-electron chi connectivity index (χ1n) is 1.94. The summed E-state index contributed by atoms with van der Waals surface area (Å²) in [4.78, 5) is 10.4. The molecule has 1 heterocycles. The van der Waals surface area contributed by atoms with Gasteiger partial charge in [0.2, 0.25) is 0 Å². The summed E-state index contributed by atoms with van der Waals surface area (Å²) in [5, 5.41) is 0. The Labute approximate surface area is 47.9 Å². The second-order valence-electron chi connectivity index (χ2n) is 1.29. The molecule has 1 rings (SSSR count). The van der Waals surface area contributed by atoms with Gasteiger partial charge in [-0.25, -0.2) is 0 Å². The van der Waals surface area contributed by atoms with Crippen molar-refractivity contribution < 1.29 is 4.79 Å². The number of hydrogen-bond acceptors (Lipinski definition) is 1. The molecule has 0 saturated carbocycles. The first-order chi connectivity index (χ1) is 3.30. The van der Waals surface area contributed by atoms with E-state index in [0.29, 0.717) is 0 Å². The molecule has 0 aromatic rings. The molecule has 1 atom stereocenters. The van der Waals surface area contributed by atoms with Crippen LogP contribution >= 0.6 is 18.5 Å². The maximum absolute atomic E-state index is 10.4. The molecule has 0 aliphatic carbocycles. The summed E-state index contributed by atoms with van der Waals surface area (Å²) < 4.78 is 0. The minimum absolute atomic E-state index is 0.108. The molecule has 3 heteroatoms. The van der Waals surface area contributed by atoms with Crippen molar-refractivity contribution in [3.63, 3.8) is 0 Å². The Morgan fingerprint density at radius 2 is 2.57 bits per heavy atom. The Balaban J connectivity index is 2.62. The fourth-order valence-electron chi connectivity index (χ4n) is 0.417. The molecule has 0 radical (unpaired) electrons. The molecule has 0 saturated heterocycles. The van der Waals surface area contributed by atoms with E-state index >= 15 is 0 Å². The lowest BCUT2D eigenvalue weighted by atomic mass is 10.6. The second kappa shape index (κ2) is 1.94. The summed E-state index contributed by atoms with van der Waals surface area (Å²) in [5.41, 5.74) is 0.108. The number of rotatable bonds is 0. The van der Waals surface area contributed by atoms with Gasteiger partial charge < -0.3 is 0 Å². The second-order valence-corrected chi connectivity index (χ2v) is 4.04. The van der Waals surface area contributed by atoms with E-state index in [0.717, 1.165) is 6.16 Å². The summed E-state index contributed by atoms with van der Waals surface area (Å²) in [5.74, 6) is 0. The third kappa shape index (κ3) is 1.02. The van der Waals surface area contributed by atoms with Crippen LogP contribution in [0.5, 0.6) is 0 Å². The largest absolute Gasteiger partial charge is 0.288 e. The highest BCUT2D eigenvalue weighted by molar-refractivity contribution is 7.97. The predicted octanol–water partition coefficient (Wildman–Crippen LogP) is 1.72. The fraction of sp³-hybridized carbons (Fsp3) is 0.250. The highest BCUT2D eigenvalue weighted by atomic mass is 35.7. The van der Waals surface area contributed by atoms with Gasteiger partial charge in [-0.3, -0.25) is 4.79 Å². The van der Waals surface area contributed by atoms with E-state index in [2.05, 4.69) is 0 Å². The van der Waals surface area contributed by atoms with E-state index in [1.165, 1.54) is 0 Å². The Morgan fingerprint density at radius 1 is 1.86 bits per heavy atom. The maximum atomic E-state index is 10.4. The molecule has 0 bridgehead atoms. The van der Waals surface area contributed by atoms with Gasteiger partial charge in [-0.15, -0.1) is 0 Å². The molecule has 1 unspecified atom stereocenters. The van der Waals surface area contributed by atoms with Gasteiger partial charge in [0, 0.05) is 6.16 Å². The van der Waals surface area contributed by atoms with Crippen LogP contribution in [0, 0.1) is 0 Å². The molecule has 38 valence electrons. The molecule has 1 nitrogen and oxygen atoms in total. The van der Waals surface area contributed by atoms with Crippen LogP contribution < -0.4 is 0 Å². The number of allylic oxidation sites excluding steroid dienone is 2. The van der Waals surface area contributed by atoms with Crippen molar-refractivity contribution in [2.24, 2.45) is 0 Å². The van der Waals surface area contributed by atoms with Crippen molar-refractivity contribution in [1.82, 2.24) is 0 Å². The van der Waals surface area contributed by atoms with Crippen molar-refractivity contribution in [2.75, 3.05) is 6.16 Å². The average molecular weight is 135 g/mol. The molecule has 0 amide bonds. The summed E-state index contributed by atoms with van der Waals surface area (Å²) in [6, 6.07) is 0. The lowest BCUT2D eigenvalue weighted by Gasteiger charge is -1.88. The molecule has 0 aromatic heterocycles. The molecule has 0 aromatic carbocycles. The van der Waals surface area contributed by atoms with E-state index in [4.69, 9.17) is 11.2 Å². The normalized spacial score (nSPS) is 29.3. The van der Waals surface area contributed by atoms with Crippen LogP contribution in [0.3, 0.4) is 0 Å². The third-order valence-electron chi connectivity index (χ3n) is 0.765. The molecule has 0 spiro atoms. The van der Waals surface area contributed by atoms with Gasteiger partial charge in [0.1, 0.15) is 0 Å². The summed E-state index contributed by atoms with van der Waals surface area (Å²) in [6.45, 7) is 0. The van der Waals surface area contributed by atoms with Gasteiger partial charge >= 0.3 is 0 Å². The zero-order chi connectivity index (χ0) is 5.28. The fourth-order valence-corrected chi connectivity index (χ4v) is 1.56. The molecule has 1 aliphatic rings. The van der Waals surface area contributed by atoms with Crippen molar-refractivity contribution in [3.05, 3.63) is 12.2 Å². The van der Waals surface area contributed by atoms with Crippen molar-refractivity contribution in [2.45, 2.75) is 0 Å². The highest BCUT2D eigenvalue weighted by Gasteiger charge is 2.14. The van der Waals surface area contributed by atoms with Crippen molar-refractivity contribution >= 4 is 24.0 Å². The Kier molecular flexibility index (Phi) is 1.46. The smallest absolute Gasteiger partial charge is 0.192 e. The van der Waals surface area contributed by atoms with E-state index < -0.39 is 7.27 Å². The molecule has 1 aliphatic heterocycles. The van der Waals surface area contributed by atoms with Crippen LogP contribution in [-0.2, 0) is 4.79 Å². The van der Waals surface area contributed by atoms with E-state index in [-0.39, 0.29) is 5.52 Å². The van der Waals surface area contributed by atoms with Crippen LogP contribution in [0.2, 0.25) is 0 Å². The predicted molar refractivity (Wildman–Crippen MR) is 31.8 cm³/mol. The standard InChI is InChI=1S/C4H4ClOP/c5-7-3-1-2-4(7)6/h1-2H,3H2. The molecular formula is C4H4ClOP. The Bertz CT molecular complexity index is 121. The van der Waals surface area contributed by atoms with Gasteiger partial charge in [-0.2, -0.15) is 0 Å². The monoisotopic (exact) mass is 134 g/mol. The van der Waals surface area contributed by atoms with E-state index in [9.17, 15) is 4.79 Å². The van der Waals surface area contributed by atoms with E-state index in [1.807, 2.05) is 6.08 Å². The van der Waals surface area contributed by atoms with Crippen LogP contribution in [0.25, 0.3) is 0 Å². The average Bonchev–Trinajstić information content (AvgIpc) is 1.91. The number of halogens is 1. The lowest BCUT2D eigenvalue weighted by Crippen LogP contribution is -1.75. The number of carbonyl (C=O) groups excluding carboxylic acids is 1. The summed E-state index contributed by atoms with van der Waals surface area (Å²) >= 11 is 5.52. The minimum atomic E-state index is -0.804. The van der Waals surface area contributed by atoms with Crippen LogP contribution in [-0.4, -0.2) is 11.7 Å². The first kappa shape index (κ1) is 5.27. The van der Waals surface area contributed by atoms with Gasteiger partial charge in [-0.05, 0) is 6.08 Å². The zero-order valence-electron chi connectivity index (χ0n) is 3.60. The van der Waals surface area contributed by atoms with Gasteiger partial charge in [0.15, 0.2) is 5.52 Å². The molecule has 0 N–H and O–H groups in total. The van der Waals surface area contributed by atoms with Crippen molar-refractivity contribution in [3.8, 4) is 0 Å². The minimum Gasteiger partial charge on any atom is -0.288 e. The maximum Gasteiger partial charge on any atom is 0.192 e. The van der Waals surface area contributed by atoms with Crippen LogP contribution in [0.1, 0.15) is 0 Å². The van der Waals surface area contributed by atoms with E-state index in [1.54, 1.807) is 6.08 Å². The Morgan fingerprint density at radius 3 is 2.71 bits per heavy atom. The number of carbonyl (C=O) groups is 1. The third-order valence-corrected chi connectivity index (χ3v) is 2.84. The van der Waals surface area contributed by atoms with Gasteiger partial charge in [-0.1, -0.05) is 17.3 Å². The quantitative estimate of drug-likeness (QED) is 0.461. The lowest BCUT2D eigenvalue weighted by molar-refractivity contribution is -0.107. The SMILES string of the molecule is O=C1C=CCP1Cl. The molecular weight excluding hydrogens is 130 g/mol. The van der Waals surface area contributed by atoms with Crippen LogP contribution in [0.15, 0.2) is 12.2 Å².